The van der Waals surface area contributed by atoms with Crippen LogP contribution < -0.4 is 15.0 Å². The minimum atomic E-state index is -0.314. The van der Waals surface area contributed by atoms with Crippen LogP contribution in [0, 0.1) is 0 Å². The number of allylic oxidation sites excluding steroid dienone is 1. The van der Waals surface area contributed by atoms with E-state index in [4.69, 9.17) is 4.74 Å². The molecule has 1 heterocycles. The van der Waals surface area contributed by atoms with Crippen molar-refractivity contribution >= 4 is 23.6 Å². The molecule has 4 rings (SSSR count). The van der Waals surface area contributed by atoms with E-state index in [2.05, 4.69) is 27.5 Å². The Bertz CT molecular complexity index is 1280. The Morgan fingerprint density at radius 3 is 2.41 bits per heavy atom. The average molecular weight is 454 g/mol. The number of ether oxygens (including phenoxy) is 1. The van der Waals surface area contributed by atoms with Gasteiger partial charge in [0, 0.05) is 43.5 Å². The molecule has 3 aromatic carbocycles. The fraction of sp³-hybridized carbons (Fsp3) is 0.148. The van der Waals surface area contributed by atoms with E-state index in [1.165, 1.54) is 10.8 Å². The fourth-order valence-electron chi connectivity index (χ4n) is 3.42. The fourth-order valence-corrected chi connectivity index (χ4v) is 3.42. The van der Waals surface area contributed by atoms with Gasteiger partial charge in [-0.1, -0.05) is 60.7 Å². The Morgan fingerprint density at radius 2 is 1.71 bits per heavy atom. The van der Waals surface area contributed by atoms with Gasteiger partial charge >= 0.3 is 0 Å². The molecule has 7 heteroatoms. The first-order valence-corrected chi connectivity index (χ1v) is 10.9. The van der Waals surface area contributed by atoms with Gasteiger partial charge in [0.1, 0.15) is 5.75 Å². The molecular weight excluding hydrogens is 426 g/mol. The summed E-state index contributed by atoms with van der Waals surface area (Å²) in [5.74, 6) is 1.23. The SMILES string of the molecule is COc1ccccc1C=CC(=O)n1nc(-c2ccccc2)nc1NCc1ccc(N(C)C)cc1. The average Bonchev–Trinajstić information content (AvgIpc) is 3.31. The van der Waals surface area contributed by atoms with Crippen molar-refractivity contribution in [3.63, 3.8) is 0 Å². The Morgan fingerprint density at radius 1 is 1.00 bits per heavy atom. The normalized spacial score (nSPS) is 10.9. The Kier molecular flexibility index (Phi) is 7.03. The molecule has 172 valence electrons. The first kappa shape index (κ1) is 22.8. The van der Waals surface area contributed by atoms with Crippen molar-refractivity contribution in [3.8, 4) is 17.1 Å². The third-order valence-corrected chi connectivity index (χ3v) is 5.30. The van der Waals surface area contributed by atoms with E-state index in [0.29, 0.717) is 24.1 Å². The quantitative estimate of drug-likeness (QED) is 0.379. The van der Waals surface area contributed by atoms with Crippen LogP contribution in [0.3, 0.4) is 0 Å². The molecule has 1 aromatic heterocycles. The van der Waals surface area contributed by atoms with Gasteiger partial charge in [0.2, 0.25) is 5.95 Å². The monoisotopic (exact) mass is 453 g/mol. The topological polar surface area (TPSA) is 72.3 Å². The predicted molar refractivity (Wildman–Crippen MR) is 136 cm³/mol. The van der Waals surface area contributed by atoms with Gasteiger partial charge < -0.3 is 15.0 Å². The zero-order chi connectivity index (χ0) is 23.9. The molecule has 0 radical (unpaired) electrons. The number of para-hydroxylation sites is 1. The number of hydrogen-bond acceptors (Lipinski definition) is 6. The van der Waals surface area contributed by atoms with Crippen molar-refractivity contribution < 1.29 is 9.53 Å². The number of hydrogen-bond donors (Lipinski definition) is 1. The van der Waals surface area contributed by atoms with E-state index in [9.17, 15) is 4.79 Å². The summed E-state index contributed by atoms with van der Waals surface area (Å²) in [6.45, 7) is 0.504. The number of nitrogens with one attached hydrogen (secondary N) is 1. The smallest absolute Gasteiger partial charge is 0.274 e. The van der Waals surface area contributed by atoms with Gasteiger partial charge in [0.15, 0.2) is 5.82 Å². The Hall–Kier alpha value is -4.39. The number of benzene rings is 3. The number of methoxy groups -OCH3 is 1. The molecule has 0 saturated carbocycles. The molecule has 0 fully saturated rings. The van der Waals surface area contributed by atoms with E-state index in [1.54, 1.807) is 13.2 Å². The van der Waals surface area contributed by atoms with Crippen molar-refractivity contribution in [1.82, 2.24) is 14.8 Å². The van der Waals surface area contributed by atoms with E-state index in [1.807, 2.05) is 85.7 Å². The second-order valence-electron chi connectivity index (χ2n) is 7.86. The zero-order valence-corrected chi connectivity index (χ0v) is 19.5. The van der Waals surface area contributed by atoms with Crippen molar-refractivity contribution in [2.75, 3.05) is 31.4 Å². The van der Waals surface area contributed by atoms with E-state index in [0.717, 1.165) is 22.4 Å². The number of nitrogens with zero attached hydrogens (tertiary/aromatic N) is 4. The van der Waals surface area contributed by atoms with Gasteiger partial charge in [-0.3, -0.25) is 4.79 Å². The van der Waals surface area contributed by atoms with Crippen molar-refractivity contribution in [3.05, 3.63) is 96.1 Å². The maximum atomic E-state index is 13.1. The highest BCUT2D eigenvalue weighted by Gasteiger charge is 2.16. The minimum absolute atomic E-state index is 0.314. The molecule has 0 aliphatic rings. The maximum Gasteiger partial charge on any atom is 0.274 e. The molecule has 0 spiro atoms. The lowest BCUT2D eigenvalue weighted by Crippen LogP contribution is -2.14. The van der Waals surface area contributed by atoms with Gasteiger partial charge in [-0.15, -0.1) is 5.10 Å². The lowest BCUT2D eigenvalue weighted by molar-refractivity contribution is 0.0957. The number of anilines is 2. The van der Waals surface area contributed by atoms with Gasteiger partial charge in [-0.25, -0.2) is 0 Å². The summed E-state index contributed by atoms with van der Waals surface area (Å²) in [6.07, 6.45) is 3.19. The molecule has 4 aromatic rings. The maximum absolute atomic E-state index is 13.1. The number of rotatable bonds is 8. The van der Waals surface area contributed by atoms with Crippen LogP contribution >= 0.6 is 0 Å². The van der Waals surface area contributed by atoms with Crippen LogP contribution in [-0.2, 0) is 6.54 Å². The van der Waals surface area contributed by atoms with Crippen LogP contribution in [0.1, 0.15) is 15.9 Å². The van der Waals surface area contributed by atoms with Gasteiger partial charge in [-0.05, 0) is 29.8 Å². The highest BCUT2D eigenvalue weighted by atomic mass is 16.5. The van der Waals surface area contributed by atoms with Crippen molar-refractivity contribution in [2.24, 2.45) is 0 Å². The Labute approximate surface area is 199 Å². The number of aromatic nitrogens is 3. The highest BCUT2D eigenvalue weighted by Crippen LogP contribution is 2.21. The third kappa shape index (κ3) is 5.32. The largest absolute Gasteiger partial charge is 0.496 e. The van der Waals surface area contributed by atoms with Crippen LogP contribution in [0.4, 0.5) is 11.6 Å². The van der Waals surface area contributed by atoms with Crippen LogP contribution in [0.5, 0.6) is 5.75 Å². The first-order valence-electron chi connectivity index (χ1n) is 10.9. The summed E-state index contributed by atoms with van der Waals surface area (Å²) in [4.78, 5) is 19.8. The van der Waals surface area contributed by atoms with E-state index < -0.39 is 0 Å². The molecule has 0 aliphatic carbocycles. The number of carbonyl (C=O) groups is 1. The summed E-state index contributed by atoms with van der Waals surface area (Å²) in [5.41, 5.74) is 3.83. The molecule has 0 atom stereocenters. The second-order valence-corrected chi connectivity index (χ2v) is 7.86. The molecule has 0 aliphatic heterocycles. The van der Waals surface area contributed by atoms with Crippen LogP contribution in [0.15, 0.2) is 84.9 Å². The minimum Gasteiger partial charge on any atom is -0.496 e. The van der Waals surface area contributed by atoms with Crippen molar-refractivity contribution in [1.29, 1.82) is 0 Å². The lowest BCUT2D eigenvalue weighted by Gasteiger charge is -2.13. The van der Waals surface area contributed by atoms with Gasteiger partial charge in [0.25, 0.3) is 5.91 Å². The molecule has 0 saturated heterocycles. The molecule has 1 N–H and O–H groups in total. The number of carbonyl (C=O) groups excluding carboxylic acids is 1. The molecule has 34 heavy (non-hydrogen) atoms. The van der Waals surface area contributed by atoms with Gasteiger partial charge in [-0.2, -0.15) is 9.67 Å². The molecule has 0 unspecified atom stereocenters. The first-order chi connectivity index (χ1) is 16.5. The van der Waals surface area contributed by atoms with Crippen LogP contribution in [-0.4, -0.2) is 41.9 Å². The molecule has 0 bridgehead atoms. The van der Waals surface area contributed by atoms with E-state index in [-0.39, 0.29) is 5.91 Å². The van der Waals surface area contributed by atoms with Gasteiger partial charge in [0.05, 0.1) is 7.11 Å². The second kappa shape index (κ2) is 10.5. The van der Waals surface area contributed by atoms with E-state index >= 15 is 0 Å². The summed E-state index contributed by atoms with van der Waals surface area (Å²) in [7, 11) is 5.61. The molecular formula is C27H27N5O2. The molecule has 7 nitrogen and oxygen atoms in total. The van der Waals surface area contributed by atoms with Crippen LogP contribution in [0.25, 0.3) is 17.5 Å². The lowest BCUT2D eigenvalue weighted by atomic mass is 10.2. The summed E-state index contributed by atoms with van der Waals surface area (Å²) < 4.78 is 6.66. The van der Waals surface area contributed by atoms with Crippen molar-refractivity contribution in [2.45, 2.75) is 6.54 Å². The highest BCUT2D eigenvalue weighted by molar-refractivity contribution is 5.95. The Balaban J connectivity index is 1.60. The zero-order valence-electron chi connectivity index (χ0n) is 19.5. The standard InChI is InChI=1S/C27H27N5O2/c1-31(2)23-16-13-20(14-17-23)19-28-27-29-26(22-10-5-4-6-11-22)30-32(27)25(33)18-15-21-9-7-8-12-24(21)34-3/h4-18H,19H2,1-3H3,(H,28,29,30). The predicted octanol–water partition coefficient (Wildman–Crippen LogP) is 4.99. The van der Waals surface area contributed by atoms with Crippen LogP contribution in [0.2, 0.25) is 0 Å². The summed E-state index contributed by atoms with van der Waals surface area (Å²) >= 11 is 0. The summed E-state index contributed by atoms with van der Waals surface area (Å²) in [5, 5.41) is 7.76. The third-order valence-electron chi connectivity index (χ3n) is 5.30. The summed E-state index contributed by atoms with van der Waals surface area (Å²) in [6, 6.07) is 25.3. The molecule has 0 amide bonds.